The Morgan fingerprint density at radius 1 is 0.750 bits per heavy atom. The first-order chi connectivity index (χ1) is 17.5. The third-order valence-corrected chi connectivity index (χ3v) is 6.91. The Balaban J connectivity index is 1.38. The molecule has 0 atom stereocenters. The zero-order valence-corrected chi connectivity index (χ0v) is 19.6. The molecular formula is C31H25F3N2. The van der Waals surface area contributed by atoms with E-state index in [0.717, 1.165) is 59.8 Å². The van der Waals surface area contributed by atoms with Crippen molar-refractivity contribution in [3.8, 4) is 11.1 Å². The summed E-state index contributed by atoms with van der Waals surface area (Å²) in [4.78, 5) is 5.40. The zero-order valence-electron chi connectivity index (χ0n) is 19.6. The number of H-pyrrole nitrogens is 1. The standard InChI is InChI=1S/C31H25F3N2/c32-31(33,34)23-7-6-10-26(20-23)36(24-8-2-1-3-9-24)25-16-13-21(14-17-25)22-15-18-30-28(19-22)27-11-4-5-12-29(27)35-30/h2,5-10,12-20,35H,1,3-4,11H2. The summed E-state index contributed by atoms with van der Waals surface area (Å²) in [5.41, 5.74) is 7.41. The second kappa shape index (κ2) is 8.90. The lowest BCUT2D eigenvalue weighted by molar-refractivity contribution is -0.137. The lowest BCUT2D eigenvalue weighted by atomic mass is 9.97. The van der Waals surface area contributed by atoms with E-state index in [1.54, 1.807) is 6.07 Å². The SMILES string of the molecule is FC(F)(F)c1cccc(N(C2=CCCC=C2)c2ccc(-c3ccc4[nH]c5c(c4c3)CCC=C5)cc2)c1. The maximum atomic E-state index is 13.5. The molecule has 180 valence electrons. The van der Waals surface area contributed by atoms with Crippen LogP contribution in [0.4, 0.5) is 24.5 Å². The molecule has 2 nitrogen and oxygen atoms in total. The molecule has 0 amide bonds. The third-order valence-electron chi connectivity index (χ3n) is 6.91. The van der Waals surface area contributed by atoms with Gasteiger partial charge in [-0.25, -0.2) is 0 Å². The summed E-state index contributed by atoms with van der Waals surface area (Å²) >= 11 is 0. The second-order valence-corrected chi connectivity index (χ2v) is 9.26. The number of nitrogens with one attached hydrogen (secondary N) is 1. The minimum atomic E-state index is -4.39. The van der Waals surface area contributed by atoms with Crippen molar-refractivity contribution in [2.45, 2.75) is 31.9 Å². The third kappa shape index (κ3) is 4.15. The number of hydrogen-bond donors (Lipinski definition) is 1. The molecule has 0 saturated heterocycles. The quantitative estimate of drug-likeness (QED) is 0.307. The number of aromatic amines is 1. The topological polar surface area (TPSA) is 19.0 Å². The molecule has 1 N–H and O–H groups in total. The van der Waals surface area contributed by atoms with Gasteiger partial charge in [-0.3, -0.25) is 0 Å². The first kappa shape index (κ1) is 22.5. The number of rotatable bonds is 4. The van der Waals surface area contributed by atoms with Gasteiger partial charge in [0.15, 0.2) is 0 Å². The fourth-order valence-corrected chi connectivity index (χ4v) is 5.13. The molecule has 36 heavy (non-hydrogen) atoms. The van der Waals surface area contributed by atoms with Crippen molar-refractivity contribution < 1.29 is 13.2 Å². The van der Waals surface area contributed by atoms with Gasteiger partial charge in [-0.2, -0.15) is 13.2 Å². The fraction of sp³-hybridized carbons (Fsp3) is 0.161. The Bertz CT molecular complexity index is 1520. The number of aromatic nitrogens is 1. The van der Waals surface area contributed by atoms with Crippen LogP contribution >= 0.6 is 0 Å². The van der Waals surface area contributed by atoms with E-state index < -0.39 is 11.7 Å². The molecule has 4 aromatic rings. The smallest absolute Gasteiger partial charge is 0.355 e. The lowest BCUT2D eigenvalue weighted by Gasteiger charge is -2.28. The summed E-state index contributed by atoms with van der Waals surface area (Å²) < 4.78 is 40.4. The molecule has 1 aromatic heterocycles. The maximum Gasteiger partial charge on any atom is 0.416 e. The van der Waals surface area contributed by atoms with Crippen LogP contribution in [0.25, 0.3) is 28.1 Å². The van der Waals surface area contributed by atoms with Crippen molar-refractivity contribution in [3.05, 3.63) is 114 Å². The van der Waals surface area contributed by atoms with E-state index >= 15 is 0 Å². The van der Waals surface area contributed by atoms with Gasteiger partial charge in [-0.05, 0) is 97.0 Å². The van der Waals surface area contributed by atoms with Gasteiger partial charge in [0.1, 0.15) is 0 Å². The van der Waals surface area contributed by atoms with E-state index in [1.807, 2.05) is 35.2 Å². The van der Waals surface area contributed by atoms with E-state index in [4.69, 9.17) is 0 Å². The Hall–Kier alpha value is -3.99. The van der Waals surface area contributed by atoms with Crippen LogP contribution in [0.3, 0.4) is 0 Å². The van der Waals surface area contributed by atoms with Gasteiger partial charge in [0.05, 0.1) is 5.56 Å². The number of hydrogen-bond acceptors (Lipinski definition) is 1. The van der Waals surface area contributed by atoms with Crippen molar-refractivity contribution in [1.29, 1.82) is 0 Å². The highest BCUT2D eigenvalue weighted by Gasteiger charge is 2.31. The van der Waals surface area contributed by atoms with E-state index in [2.05, 4.69) is 47.5 Å². The maximum absolute atomic E-state index is 13.5. The molecule has 2 aliphatic rings. The Morgan fingerprint density at radius 2 is 1.56 bits per heavy atom. The van der Waals surface area contributed by atoms with E-state index in [0.29, 0.717) is 5.69 Å². The lowest BCUT2D eigenvalue weighted by Crippen LogP contribution is -2.17. The van der Waals surface area contributed by atoms with Crippen LogP contribution in [0.1, 0.15) is 36.1 Å². The predicted molar refractivity (Wildman–Crippen MR) is 141 cm³/mol. The van der Waals surface area contributed by atoms with Crippen molar-refractivity contribution in [1.82, 2.24) is 4.98 Å². The van der Waals surface area contributed by atoms with Crippen LogP contribution in [-0.4, -0.2) is 4.98 Å². The highest BCUT2D eigenvalue weighted by Crippen LogP contribution is 2.38. The zero-order chi connectivity index (χ0) is 24.7. The Labute approximate surface area is 208 Å². The van der Waals surface area contributed by atoms with Gasteiger partial charge in [-0.15, -0.1) is 0 Å². The minimum absolute atomic E-state index is 0.490. The average Bonchev–Trinajstić information content (AvgIpc) is 3.28. The molecule has 3 aromatic carbocycles. The van der Waals surface area contributed by atoms with Gasteiger partial charge in [0.25, 0.3) is 0 Å². The Morgan fingerprint density at radius 3 is 2.33 bits per heavy atom. The van der Waals surface area contributed by atoms with Crippen LogP contribution in [0, 0.1) is 0 Å². The predicted octanol–water partition coefficient (Wildman–Crippen LogP) is 9.19. The van der Waals surface area contributed by atoms with Gasteiger partial charge in [-0.1, -0.05) is 42.5 Å². The summed E-state index contributed by atoms with van der Waals surface area (Å²) in [6.07, 6.45) is 9.95. The number of halogens is 3. The Kier molecular flexibility index (Phi) is 5.56. The molecule has 0 aliphatic heterocycles. The number of allylic oxidation sites excluding steroid dienone is 4. The summed E-state index contributed by atoms with van der Waals surface area (Å²) in [5, 5.41) is 1.25. The van der Waals surface area contributed by atoms with Crippen molar-refractivity contribution in [3.63, 3.8) is 0 Å². The fourth-order valence-electron chi connectivity index (χ4n) is 5.13. The molecule has 0 bridgehead atoms. The molecule has 6 rings (SSSR count). The summed E-state index contributed by atoms with van der Waals surface area (Å²) in [7, 11) is 0. The van der Waals surface area contributed by atoms with E-state index in [-0.39, 0.29) is 0 Å². The minimum Gasteiger partial charge on any atom is -0.355 e. The number of benzene rings is 3. The molecule has 2 aliphatic carbocycles. The summed E-state index contributed by atoms with van der Waals surface area (Å²) in [6, 6.07) is 20.0. The molecule has 0 fully saturated rings. The molecule has 0 radical (unpaired) electrons. The molecule has 0 unspecified atom stereocenters. The summed E-state index contributed by atoms with van der Waals surface area (Å²) in [5.74, 6) is 0. The van der Waals surface area contributed by atoms with Crippen LogP contribution in [0.5, 0.6) is 0 Å². The normalized spacial score (nSPS) is 15.1. The van der Waals surface area contributed by atoms with Crippen LogP contribution in [0.15, 0.2) is 96.7 Å². The van der Waals surface area contributed by atoms with Crippen LogP contribution < -0.4 is 4.90 Å². The highest BCUT2D eigenvalue weighted by molar-refractivity contribution is 5.91. The van der Waals surface area contributed by atoms with Crippen molar-refractivity contribution in [2.24, 2.45) is 0 Å². The van der Waals surface area contributed by atoms with Crippen molar-refractivity contribution >= 4 is 28.4 Å². The summed E-state index contributed by atoms with van der Waals surface area (Å²) in [6.45, 7) is 0. The molecule has 0 saturated carbocycles. The molecule has 1 heterocycles. The number of nitrogens with zero attached hydrogens (tertiary/aromatic N) is 1. The molecular weight excluding hydrogens is 457 g/mol. The van der Waals surface area contributed by atoms with Crippen LogP contribution in [0.2, 0.25) is 0 Å². The number of alkyl halides is 3. The first-order valence-electron chi connectivity index (χ1n) is 12.2. The highest BCUT2D eigenvalue weighted by atomic mass is 19.4. The number of anilines is 2. The van der Waals surface area contributed by atoms with Crippen LogP contribution in [-0.2, 0) is 12.6 Å². The van der Waals surface area contributed by atoms with Gasteiger partial charge < -0.3 is 9.88 Å². The molecule has 0 spiro atoms. The average molecular weight is 483 g/mol. The number of aryl methyl sites for hydroxylation is 1. The van der Waals surface area contributed by atoms with Crippen molar-refractivity contribution in [2.75, 3.05) is 4.90 Å². The van der Waals surface area contributed by atoms with Gasteiger partial charge in [0.2, 0.25) is 0 Å². The molecule has 5 heteroatoms. The van der Waals surface area contributed by atoms with E-state index in [1.165, 1.54) is 28.8 Å². The van der Waals surface area contributed by atoms with Gasteiger partial charge >= 0.3 is 6.18 Å². The van der Waals surface area contributed by atoms with E-state index in [9.17, 15) is 13.2 Å². The first-order valence-corrected chi connectivity index (χ1v) is 12.2. The largest absolute Gasteiger partial charge is 0.416 e. The van der Waals surface area contributed by atoms with Gasteiger partial charge in [0, 0.05) is 33.7 Å². The second-order valence-electron chi connectivity index (χ2n) is 9.26. The number of fused-ring (bicyclic) bond motifs is 3. The monoisotopic (exact) mass is 482 g/mol.